The molecule has 6 rings (SSSR count). The topological polar surface area (TPSA) is 246 Å². The van der Waals surface area contributed by atoms with Crippen molar-refractivity contribution in [2.45, 2.75) is 159 Å². The summed E-state index contributed by atoms with van der Waals surface area (Å²) in [5.74, 6) is -2.06. The second kappa shape index (κ2) is 15.9. The molecular weight excluding hydrogens is 712 g/mol. The van der Waals surface area contributed by atoms with E-state index in [0.29, 0.717) is 51.4 Å². The molecule has 5 aliphatic rings. The monoisotopic (exact) mass is 770 g/mol. The van der Waals surface area contributed by atoms with Crippen LogP contribution < -0.4 is 22.4 Å². The maximum atomic E-state index is 12.9. The van der Waals surface area contributed by atoms with E-state index in [2.05, 4.69) is 24.2 Å². The van der Waals surface area contributed by atoms with Gasteiger partial charge in [-0.2, -0.15) is 0 Å². The number of carbonyl (C=O) groups is 4. The number of rotatable bonds is 16. The van der Waals surface area contributed by atoms with Gasteiger partial charge in [-0.25, -0.2) is 9.59 Å². The average Bonchev–Trinajstić information content (AvgIpc) is 3.82. The number of hydrogen-bond donors (Lipinski definition) is 5. The Morgan fingerprint density at radius 2 is 1.67 bits per heavy atom. The SMILES string of the molecule is CC(=O)OC1C(c2ccc(=O)oc2)C2(C)CCC3C(CCC4(O)CC(OC(=O)CCCCCCC(=O)NC(CCCN=C(N)N)C(=O)O)CCC34C)C23OC13. The molecule has 1 spiro atoms. The van der Waals surface area contributed by atoms with E-state index in [-0.39, 0.29) is 85.0 Å². The molecule has 1 aromatic rings. The normalized spacial score (nSPS) is 36.1. The molecule has 15 nitrogen and oxygen atoms in total. The number of esters is 2. The van der Waals surface area contributed by atoms with Crippen LogP contribution in [0.15, 0.2) is 32.6 Å². The number of fused-ring (bicyclic) bond motifs is 3. The van der Waals surface area contributed by atoms with E-state index in [4.69, 9.17) is 30.1 Å². The maximum Gasteiger partial charge on any atom is 0.335 e. The number of aliphatic carboxylic acids is 1. The number of carboxylic acid groups (broad SMARTS) is 1. The summed E-state index contributed by atoms with van der Waals surface area (Å²) < 4.78 is 23.9. The second-order valence-corrected chi connectivity index (χ2v) is 17.1. The van der Waals surface area contributed by atoms with E-state index >= 15 is 0 Å². The largest absolute Gasteiger partial charge is 0.480 e. The Labute approximate surface area is 321 Å². The van der Waals surface area contributed by atoms with Gasteiger partial charge in [0, 0.05) is 50.1 Å². The van der Waals surface area contributed by atoms with Crippen molar-refractivity contribution >= 4 is 29.8 Å². The lowest BCUT2D eigenvalue weighted by molar-refractivity contribution is -0.228. The molecule has 0 aromatic carbocycles. The van der Waals surface area contributed by atoms with Crippen LogP contribution in [0.3, 0.4) is 0 Å². The Morgan fingerprint density at radius 3 is 2.35 bits per heavy atom. The van der Waals surface area contributed by atoms with Crippen LogP contribution in [-0.2, 0) is 33.4 Å². The molecule has 1 saturated heterocycles. The number of aliphatic hydroxyl groups is 1. The Balaban J connectivity index is 0.975. The summed E-state index contributed by atoms with van der Waals surface area (Å²) >= 11 is 0. The highest BCUT2D eigenvalue weighted by atomic mass is 16.7. The first-order chi connectivity index (χ1) is 26.0. The van der Waals surface area contributed by atoms with E-state index in [1.807, 2.05) is 0 Å². The van der Waals surface area contributed by atoms with Gasteiger partial charge in [0.15, 0.2) is 5.96 Å². The first kappa shape index (κ1) is 40.7. The Bertz CT molecular complexity index is 1690. The number of nitrogens with zero attached hydrogens (tertiary/aromatic N) is 1. The first-order valence-corrected chi connectivity index (χ1v) is 20.0. The predicted molar refractivity (Wildman–Crippen MR) is 198 cm³/mol. The van der Waals surface area contributed by atoms with Crippen LogP contribution >= 0.6 is 0 Å². The minimum absolute atomic E-state index is 0.0662. The standard InChI is InChI=1S/C40H58N4O11/c1-23(45)53-33-32(24-12-13-30(47)52-22-24)38(3)18-15-26-27(40(38)34(33)55-40)16-19-39(51)21-25(14-17-37(26,39)2)54-31(48)11-7-5-4-6-10-29(46)44-28(35(49)50)9-8-20-43-36(41)42/h12-13,22,25-28,32-34,51H,4-11,14-21H2,1-3H3,(H,44,46)(H,49,50)(H4,41,42,43). The van der Waals surface area contributed by atoms with Crippen LogP contribution in [0.5, 0.6) is 0 Å². The molecule has 11 unspecified atom stereocenters. The van der Waals surface area contributed by atoms with Crippen molar-refractivity contribution in [1.29, 1.82) is 0 Å². The molecule has 2 heterocycles. The molecule has 1 aromatic heterocycles. The molecule has 15 heteroatoms. The molecule has 1 amide bonds. The zero-order valence-electron chi connectivity index (χ0n) is 32.3. The number of nitrogens with one attached hydrogen (secondary N) is 1. The second-order valence-electron chi connectivity index (χ2n) is 17.1. The molecule has 7 N–H and O–H groups in total. The minimum Gasteiger partial charge on any atom is -0.480 e. The molecule has 55 heavy (non-hydrogen) atoms. The molecule has 1 aliphatic heterocycles. The van der Waals surface area contributed by atoms with Crippen molar-refractivity contribution in [2.24, 2.45) is 39.1 Å². The van der Waals surface area contributed by atoms with Gasteiger partial charge < -0.3 is 45.6 Å². The maximum absolute atomic E-state index is 12.9. The number of aliphatic imine (C=N–C) groups is 1. The lowest BCUT2D eigenvalue weighted by Crippen LogP contribution is -2.65. The molecular formula is C40H58N4O11. The molecule has 304 valence electrons. The summed E-state index contributed by atoms with van der Waals surface area (Å²) in [5, 5.41) is 24.3. The Hall–Kier alpha value is -3.98. The fourth-order valence-corrected chi connectivity index (χ4v) is 11.4. The highest BCUT2D eigenvalue weighted by Crippen LogP contribution is 2.78. The zero-order valence-corrected chi connectivity index (χ0v) is 32.3. The van der Waals surface area contributed by atoms with Crippen LogP contribution in [0, 0.1) is 22.7 Å². The molecule has 4 aliphatic carbocycles. The van der Waals surface area contributed by atoms with Crippen LogP contribution in [0.25, 0.3) is 0 Å². The number of ether oxygens (including phenoxy) is 3. The predicted octanol–water partition coefficient (Wildman–Crippen LogP) is 3.43. The summed E-state index contributed by atoms with van der Waals surface area (Å²) in [6.45, 7) is 6.10. The van der Waals surface area contributed by atoms with E-state index in [0.717, 1.165) is 31.2 Å². The lowest BCUT2D eigenvalue weighted by atomic mass is 9.42. The van der Waals surface area contributed by atoms with E-state index in [1.165, 1.54) is 19.3 Å². The number of guanidine groups is 1. The third kappa shape index (κ3) is 7.75. The summed E-state index contributed by atoms with van der Waals surface area (Å²) in [7, 11) is 0. The number of carbonyl (C=O) groups excluding carboxylic acids is 3. The van der Waals surface area contributed by atoms with Crippen LogP contribution in [0.2, 0.25) is 0 Å². The van der Waals surface area contributed by atoms with Gasteiger partial charge in [0.1, 0.15) is 30.0 Å². The highest BCUT2D eigenvalue weighted by molar-refractivity contribution is 5.83. The number of unbranched alkanes of at least 4 members (excludes halogenated alkanes) is 3. The first-order valence-electron chi connectivity index (χ1n) is 20.0. The van der Waals surface area contributed by atoms with Gasteiger partial charge in [0.2, 0.25) is 5.91 Å². The van der Waals surface area contributed by atoms with Crippen LogP contribution in [0.1, 0.15) is 129 Å². The Kier molecular flexibility index (Phi) is 11.7. The molecule has 4 saturated carbocycles. The van der Waals surface area contributed by atoms with Crippen LogP contribution in [-0.4, -0.2) is 82.1 Å². The van der Waals surface area contributed by atoms with Gasteiger partial charge in [-0.15, -0.1) is 0 Å². The lowest BCUT2D eigenvalue weighted by Gasteiger charge is -2.64. The van der Waals surface area contributed by atoms with Gasteiger partial charge in [-0.05, 0) is 93.1 Å². The Morgan fingerprint density at radius 1 is 0.964 bits per heavy atom. The van der Waals surface area contributed by atoms with Crippen molar-refractivity contribution in [3.8, 4) is 0 Å². The number of nitrogens with two attached hydrogens (primary N) is 2. The summed E-state index contributed by atoms with van der Waals surface area (Å²) in [5.41, 5.74) is 8.65. The third-order valence-corrected chi connectivity index (χ3v) is 14.0. The van der Waals surface area contributed by atoms with E-state index < -0.39 is 40.4 Å². The number of epoxide rings is 1. The van der Waals surface area contributed by atoms with Crippen molar-refractivity contribution in [1.82, 2.24) is 5.32 Å². The smallest absolute Gasteiger partial charge is 0.335 e. The van der Waals surface area contributed by atoms with Gasteiger partial charge in [-0.1, -0.05) is 26.7 Å². The van der Waals surface area contributed by atoms with E-state index in [1.54, 1.807) is 6.07 Å². The summed E-state index contributed by atoms with van der Waals surface area (Å²) in [4.78, 5) is 64.7. The van der Waals surface area contributed by atoms with Gasteiger partial charge in [0.05, 0.1) is 11.9 Å². The summed E-state index contributed by atoms with van der Waals surface area (Å²) in [6.07, 6.45) is 8.71. The molecule has 0 radical (unpaired) electrons. The zero-order chi connectivity index (χ0) is 39.8. The third-order valence-electron chi connectivity index (χ3n) is 14.0. The average molecular weight is 771 g/mol. The molecule has 0 bridgehead atoms. The highest BCUT2D eigenvalue weighted by Gasteiger charge is 2.85. The fourth-order valence-electron chi connectivity index (χ4n) is 11.4. The molecule has 11 atom stereocenters. The van der Waals surface area contributed by atoms with E-state index in [9.17, 15) is 34.2 Å². The summed E-state index contributed by atoms with van der Waals surface area (Å²) in [6, 6.07) is 2.18. The van der Waals surface area contributed by atoms with Crippen molar-refractivity contribution in [3.63, 3.8) is 0 Å². The number of amides is 1. The van der Waals surface area contributed by atoms with Crippen LogP contribution in [0.4, 0.5) is 0 Å². The quantitative estimate of drug-likeness (QED) is 0.0532. The number of carboxylic acids is 1. The van der Waals surface area contributed by atoms with Gasteiger partial charge >= 0.3 is 23.5 Å². The molecule has 5 fully saturated rings. The van der Waals surface area contributed by atoms with Crippen molar-refractivity contribution < 1.29 is 48.0 Å². The van der Waals surface area contributed by atoms with Crippen molar-refractivity contribution in [3.05, 3.63) is 34.4 Å². The van der Waals surface area contributed by atoms with Gasteiger partial charge in [0.25, 0.3) is 0 Å². The number of hydrogen-bond acceptors (Lipinski definition) is 11. The minimum atomic E-state index is -1.11. The van der Waals surface area contributed by atoms with Gasteiger partial charge in [-0.3, -0.25) is 19.4 Å². The van der Waals surface area contributed by atoms with Crippen molar-refractivity contribution in [2.75, 3.05) is 6.54 Å². The fraction of sp³-hybridized carbons (Fsp3) is 0.750.